The number of benzene rings is 2. The third-order valence-electron chi connectivity index (χ3n) is 4.92. The second-order valence-corrected chi connectivity index (χ2v) is 8.11. The van der Waals surface area contributed by atoms with E-state index in [-0.39, 0.29) is 11.7 Å². The first-order valence-electron chi connectivity index (χ1n) is 10.2. The van der Waals surface area contributed by atoms with Crippen molar-refractivity contribution in [1.29, 1.82) is 0 Å². The fourth-order valence-corrected chi connectivity index (χ4v) is 4.05. The minimum absolute atomic E-state index is 0.185. The van der Waals surface area contributed by atoms with Crippen molar-refractivity contribution in [2.75, 3.05) is 6.54 Å². The van der Waals surface area contributed by atoms with Crippen LogP contribution in [-0.2, 0) is 19.2 Å². The predicted octanol–water partition coefficient (Wildman–Crippen LogP) is 4.28. The molecule has 162 valence electrons. The molecule has 8 heteroatoms. The zero-order valence-electron chi connectivity index (χ0n) is 17.5. The van der Waals surface area contributed by atoms with Gasteiger partial charge >= 0.3 is 0 Å². The van der Waals surface area contributed by atoms with E-state index in [0.717, 1.165) is 27.8 Å². The topological polar surface area (TPSA) is 72.7 Å². The molecule has 0 aliphatic rings. The van der Waals surface area contributed by atoms with Gasteiger partial charge in [0.05, 0.1) is 5.69 Å². The van der Waals surface area contributed by atoms with E-state index < -0.39 is 0 Å². The normalized spacial score (nSPS) is 10.8. The minimum atomic E-state index is -0.307. The Morgan fingerprint density at radius 3 is 2.62 bits per heavy atom. The van der Waals surface area contributed by atoms with Crippen molar-refractivity contribution in [1.82, 2.24) is 25.1 Å². The Morgan fingerprint density at radius 1 is 1.03 bits per heavy atom. The Morgan fingerprint density at radius 2 is 1.84 bits per heavy atom. The molecular weight excluding hydrogens is 425 g/mol. The maximum atomic E-state index is 13.5. The van der Waals surface area contributed by atoms with Crippen molar-refractivity contribution in [2.45, 2.75) is 17.3 Å². The summed E-state index contributed by atoms with van der Waals surface area (Å²) < 4.78 is 15.4. The van der Waals surface area contributed by atoms with Crippen LogP contribution in [0, 0.1) is 5.82 Å². The van der Waals surface area contributed by atoms with E-state index in [4.69, 9.17) is 0 Å². The van der Waals surface area contributed by atoms with Gasteiger partial charge in [0.25, 0.3) is 5.91 Å². The van der Waals surface area contributed by atoms with Crippen LogP contribution >= 0.6 is 11.8 Å². The predicted molar refractivity (Wildman–Crippen MR) is 123 cm³/mol. The molecule has 0 saturated heterocycles. The fourth-order valence-electron chi connectivity index (χ4n) is 3.21. The van der Waals surface area contributed by atoms with Gasteiger partial charge in [-0.15, -0.1) is 10.2 Å². The van der Waals surface area contributed by atoms with E-state index in [9.17, 15) is 9.18 Å². The maximum absolute atomic E-state index is 13.5. The SMILES string of the molecule is Cn1c(CCNC(=O)c2cccc(-c3cccc(F)c3)c2)nnc1SCc1ccccn1. The zero-order valence-corrected chi connectivity index (χ0v) is 18.3. The Hall–Kier alpha value is -3.52. The van der Waals surface area contributed by atoms with Crippen LogP contribution < -0.4 is 5.32 Å². The van der Waals surface area contributed by atoms with Gasteiger partial charge in [-0.1, -0.05) is 42.1 Å². The maximum Gasteiger partial charge on any atom is 0.251 e. The van der Waals surface area contributed by atoms with Crippen LogP contribution in [0.5, 0.6) is 0 Å². The summed E-state index contributed by atoms with van der Waals surface area (Å²) in [4.78, 5) is 16.9. The van der Waals surface area contributed by atoms with Gasteiger partial charge in [0.1, 0.15) is 11.6 Å². The van der Waals surface area contributed by atoms with Crippen LogP contribution in [0.15, 0.2) is 78.1 Å². The lowest BCUT2D eigenvalue weighted by atomic mass is 10.0. The second-order valence-electron chi connectivity index (χ2n) is 7.16. The van der Waals surface area contributed by atoms with E-state index in [1.807, 2.05) is 41.9 Å². The van der Waals surface area contributed by atoms with Crippen molar-refractivity contribution in [3.63, 3.8) is 0 Å². The summed E-state index contributed by atoms with van der Waals surface area (Å²) in [5, 5.41) is 12.2. The van der Waals surface area contributed by atoms with E-state index in [1.54, 1.807) is 42.2 Å². The Bertz CT molecular complexity index is 1210. The molecule has 0 bridgehead atoms. The number of carbonyl (C=O) groups excluding carboxylic acids is 1. The summed E-state index contributed by atoms with van der Waals surface area (Å²) in [5.41, 5.74) is 3.03. The quantitative estimate of drug-likeness (QED) is 0.408. The Labute approximate surface area is 189 Å². The fraction of sp³-hybridized carbons (Fsp3) is 0.167. The molecule has 1 N–H and O–H groups in total. The number of nitrogens with one attached hydrogen (secondary N) is 1. The number of pyridine rings is 1. The molecule has 2 aromatic heterocycles. The first-order chi connectivity index (χ1) is 15.6. The van der Waals surface area contributed by atoms with Gasteiger partial charge < -0.3 is 9.88 Å². The largest absolute Gasteiger partial charge is 0.352 e. The second kappa shape index (κ2) is 10.2. The zero-order chi connectivity index (χ0) is 22.3. The number of hydrogen-bond acceptors (Lipinski definition) is 5. The molecular formula is C24H22FN5OS. The average Bonchev–Trinajstić information content (AvgIpc) is 3.17. The third kappa shape index (κ3) is 5.39. The Kier molecular flexibility index (Phi) is 6.91. The van der Waals surface area contributed by atoms with Crippen molar-refractivity contribution < 1.29 is 9.18 Å². The molecule has 0 spiro atoms. The highest BCUT2D eigenvalue weighted by Gasteiger charge is 2.11. The number of thioether (sulfide) groups is 1. The van der Waals surface area contributed by atoms with Crippen molar-refractivity contribution >= 4 is 17.7 Å². The molecule has 0 unspecified atom stereocenters. The highest BCUT2D eigenvalue weighted by molar-refractivity contribution is 7.98. The number of halogens is 1. The van der Waals surface area contributed by atoms with E-state index in [1.165, 1.54) is 12.1 Å². The van der Waals surface area contributed by atoms with Crippen LogP contribution in [0.4, 0.5) is 4.39 Å². The molecule has 4 rings (SSSR count). The van der Waals surface area contributed by atoms with Crippen LogP contribution in [0.25, 0.3) is 11.1 Å². The van der Waals surface area contributed by atoms with Crippen molar-refractivity contribution in [2.24, 2.45) is 7.05 Å². The highest BCUT2D eigenvalue weighted by atomic mass is 32.2. The van der Waals surface area contributed by atoms with Gasteiger partial charge in [-0.3, -0.25) is 9.78 Å². The molecule has 0 aliphatic carbocycles. The number of aromatic nitrogens is 4. The number of carbonyl (C=O) groups is 1. The molecule has 2 aromatic carbocycles. The highest BCUT2D eigenvalue weighted by Crippen LogP contribution is 2.22. The summed E-state index contributed by atoms with van der Waals surface area (Å²) in [6.45, 7) is 0.430. The molecule has 6 nitrogen and oxygen atoms in total. The van der Waals surface area contributed by atoms with E-state index in [0.29, 0.717) is 24.3 Å². The number of rotatable bonds is 8. The molecule has 1 amide bonds. The minimum Gasteiger partial charge on any atom is -0.352 e. The van der Waals surface area contributed by atoms with Crippen LogP contribution in [0.2, 0.25) is 0 Å². The lowest BCUT2D eigenvalue weighted by Gasteiger charge is -2.08. The van der Waals surface area contributed by atoms with Crippen molar-refractivity contribution in [3.05, 3.63) is 95.8 Å². The molecule has 0 radical (unpaired) electrons. The number of nitrogens with zero attached hydrogens (tertiary/aromatic N) is 4. The molecule has 0 fully saturated rings. The molecule has 0 aliphatic heterocycles. The monoisotopic (exact) mass is 447 g/mol. The average molecular weight is 448 g/mol. The van der Waals surface area contributed by atoms with Crippen LogP contribution in [-0.4, -0.2) is 32.2 Å². The number of hydrogen-bond donors (Lipinski definition) is 1. The molecule has 2 heterocycles. The van der Waals surface area contributed by atoms with Crippen molar-refractivity contribution in [3.8, 4) is 11.1 Å². The van der Waals surface area contributed by atoms with E-state index >= 15 is 0 Å². The molecule has 0 saturated carbocycles. The van der Waals surface area contributed by atoms with Gasteiger partial charge in [-0.25, -0.2) is 4.39 Å². The Balaban J connectivity index is 1.32. The summed E-state index contributed by atoms with van der Waals surface area (Å²) in [5.74, 6) is 1.02. The van der Waals surface area contributed by atoms with Gasteiger partial charge in [0.15, 0.2) is 5.16 Å². The van der Waals surface area contributed by atoms with Gasteiger partial charge in [0, 0.05) is 37.5 Å². The summed E-state index contributed by atoms with van der Waals surface area (Å²) in [6.07, 6.45) is 2.33. The van der Waals surface area contributed by atoms with Gasteiger partial charge in [0.2, 0.25) is 0 Å². The third-order valence-corrected chi connectivity index (χ3v) is 5.97. The first kappa shape index (κ1) is 21.7. The lowest BCUT2D eigenvalue weighted by Crippen LogP contribution is -2.26. The molecule has 4 aromatic rings. The molecule has 0 atom stereocenters. The standard InChI is InChI=1S/C24H22FN5OS/c1-30-22(28-29-24(30)32-16-21-10-2-3-12-26-21)11-13-27-23(31)19-8-4-6-17(14-19)18-7-5-9-20(25)15-18/h2-10,12,14-15H,11,13,16H2,1H3,(H,27,31). The summed E-state index contributed by atoms with van der Waals surface area (Å²) >= 11 is 1.57. The van der Waals surface area contributed by atoms with Crippen LogP contribution in [0.3, 0.4) is 0 Å². The van der Waals surface area contributed by atoms with Gasteiger partial charge in [-0.2, -0.15) is 0 Å². The summed E-state index contributed by atoms with van der Waals surface area (Å²) in [6, 6.07) is 19.3. The molecule has 32 heavy (non-hydrogen) atoms. The first-order valence-corrected chi connectivity index (χ1v) is 11.1. The van der Waals surface area contributed by atoms with Gasteiger partial charge in [-0.05, 0) is 47.5 Å². The van der Waals surface area contributed by atoms with Crippen LogP contribution in [0.1, 0.15) is 21.9 Å². The summed E-state index contributed by atoms with van der Waals surface area (Å²) in [7, 11) is 1.92. The van der Waals surface area contributed by atoms with E-state index in [2.05, 4.69) is 20.5 Å². The lowest BCUT2D eigenvalue weighted by molar-refractivity contribution is 0.0954. The smallest absolute Gasteiger partial charge is 0.251 e. The number of amides is 1.